The van der Waals surface area contributed by atoms with Crippen molar-refractivity contribution in [3.63, 3.8) is 0 Å². The summed E-state index contributed by atoms with van der Waals surface area (Å²) in [6.45, 7) is 8.11. The van der Waals surface area contributed by atoms with Gasteiger partial charge in [-0.1, -0.05) is 0 Å². The maximum atomic E-state index is 13.0. The molecule has 1 N–H and O–H groups in total. The topological polar surface area (TPSA) is 61.4 Å². The smallest absolute Gasteiger partial charge is 0.225 e. The van der Waals surface area contributed by atoms with E-state index in [1.807, 2.05) is 11.9 Å². The molecule has 2 saturated heterocycles. The lowest BCUT2D eigenvalue weighted by Crippen LogP contribution is -2.48. The van der Waals surface area contributed by atoms with E-state index in [1.165, 1.54) is 15.8 Å². The molecule has 4 heterocycles. The summed E-state index contributed by atoms with van der Waals surface area (Å²) in [6, 6.07) is 0.398. The first-order chi connectivity index (χ1) is 13.1. The molecular weight excluding hydrogens is 358 g/mol. The molecule has 2 fully saturated rings. The fourth-order valence-electron chi connectivity index (χ4n) is 4.40. The van der Waals surface area contributed by atoms with Crippen LogP contribution in [0.2, 0.25) is 0 Å². The van der Waals surface area contributed by atoms with Gasteiger partial charge in [0.25, 0.3) is 0 Å². The van der Waals surface area contributed by atoms with Gasteiger partial charge >= 0.3 is 0 Å². The summed E-state index contributed by atoms with van der Waals surface area (Å²) in [5.41, 5.74) is 1.29. The third kappa shape index (κ3) is 3.55. The Balaban J connectivity index is 1.44. The maximum absolute atomic E-state index is 13.0. The third-order valence-electron chi connectivity index (χ3n) is 6.29. The summed E-state index contributed by atoms with van der Waals surface area (Å²) in [4.78, 5) is 28.8. The molecule has 2 aliphatic heterocycles. The average Bonchev–Trinajstić information content (AvgIpc) is 3.01. The van der Waals surface area contributed by atoms with E-state index in [-0.39, 0.29) is 5.92 Å². The highest BCUT2D eigenvalue weighted by atomic mass is 32.1. The molecule has 2 aromatic heterocycles. The molecule has 6 nitrogen and oxygen atoms in total. The van der Waals surface area contributed by atoms with Crippen LogP contribution < -0.4 is 10.2 Å². The quantitative estimate of drug-likeness (QED) is 0.877. The van der Waals surface area contributed by atoms with Gasteiger partial charge < -0.3 is 15.1 Å². The minimum atomic E-state index is 0.142. The molecule has 1 amide bonds. The van der Waals surface area contributed by atoms with Crippen molar-refractivity contribution in [1.82, 2.24) is 20.2 Å². The van der Waals surface area contributed by atoms with Crippen LogP contribution in [0.15, 0.2) is 6.33 Å². The van der Waals surface area contributed by atoms with Crippen molar-refractivity contribution in [3.8, 4) is 0 Å². The number of piperidine rings is 2. The number of carbonyl (C=O) groups is 1. The van der Waals surface area contributed by atoms with Crippen LogP contribution in [-0.2, 0) is 4.79 Å². The van der Waals surface area contributed by atoms with E-state index in [4.69, 9.17) is 0 Å². The van der Waals surface area contributed by atoms with E-state index in [2.05, 4.69) is 34.0 Å². The highest BCUT2D eigenvalue weighted by molar-refractivity contribution is 7.18. The van der Waals surface area contributed by atoms with Gasteiger partial charge in [-0.3, -0.25) is 4.79 Å². The second-order valence-electron chi connectivity index (χ2n) is 7.85. The number of amides is 1. The number of nitrogens with one attached hydrogen (secondary N) is 1. The second kappa shape index (κ2) is 7.72. The Morgan fingerprint density at radius 1 is 1.19 bits per heavy atom. The van der Waals surface area contributed by atoms with E-state index < -0.39 is 0 Å². The summed E-state index contributed by atoms with van der Waals surface area (Å²) >= 11 is 1.74. The van der Waals surface area contributed by atoms with Gasteiger partial charge in [0.2, 0.25) is 5.91 Å². The first-order valence-corrected chi connectivity index (χ1v) is 10.8. The molecular formula is C20H29N5OS. The van der Waals surface area contributed by atoms with E-state index in [0.29, 0.717) is 11.9 Å². The van der Waals surface area contributed by atoms with Crippen LogP contribution in [0.25, 0.3) is 10.2 Å². The summed E-state index contributed by atoms with van der Waals surface area (Å²) in [6.07, 6.45) is 5.62. The summed E-state index contributed by atoms with van der Waals surface area (Å²) in [5, 5.41) is 4.57. The first kappa shape index (κ1) is 18.6. The number of aromatic nitrogens is 2. The Hall–Kier alpha value is -1.73. The van der Waals surface area contributed by atoms with Gasteiger partial charge in [0.05, 0.1) is 5.39 Å². The average molecular weight is 388 g/mol. The van der Waals surface area contributed by atoms with E-state index >= 15 is 0 Å². The number of rotatable bonds is 3. The molecule has 2 aliphatic rings. The highest BCUT2D eigenvalue weighted by Gasteiger charge is 2.31. The van der Waals surface area contributed by atoms with Crippen molar-refractivity contribution in [3.05, 3.63) is 16.8 Å². The van der Waals surface area contributed by atoms with E-state index in [1.54, 1.807) is 17.7 Å². The van der Waals surface area contributed by atoms with Crippen LogP contribution in [0.5, 0.6) is 0 Å². The van der Waals surface area contributed by atoms with Crippen molar-refractivity contribution in [2.24, 2.45) is 5.92 Å². The molecule has 0 spiro atoms. The van der Waals surface area contributed by atoms with Crippen LogP contribution in [0, 0.1) is 19.8 Å². The van der Waals surface area contributed by atoms with Crippen molar-refractivity contribution in [1.29, 1.82) is 0 Å². The zero-order chi connectivity index (χ0) is 19.0. The standard InChI is InChI=1S/C20H29N5OS/c1-13-14(2)27-19-17(13)18(22-12-23-19)25-10-6-15(7-11-25)20(26)24(3)16-4-8-21-9-5-16/h12,15-16,21H,4-11H2,1-3H3. The number of carbonyl (C=O) groups excluding carboxylic acids is 1. The zero-order valence-electron chi connectivity index (χ0n) is 16.5. The third-order valence-corrected chi connectivity index (χ3v) is 7.41. The van der Waals surface area contributed by atoms with Crippen molar-refractivity contribution < 1.29 is 4.79 Å². The predicted molar refractivity (Wildman–Crippen MR) is 110 cm³/mol. The maximum Gasteiger partial charge on any atom is 0.225 e. The van der Waals surface area contributed by atoms with Crippen LogP contribution >= 0.6 is 11.3 Å². The van der Waals surface area contributed by atoms with Crippen LogP contribution in [-0.4, -0.2) is 60.0 Å². The molecule has 0 atom stereocenters. The van der Waals surface area contributed by atoms with E-state index in [0.717, 1.165) is 62.5 Å². The summed E-state index contributed by atoms with van der Waals surface area (Å²) in [5.74, 6) is 1.51. The van der Waals surface area contributed by atoms with E-state index in [9.17, 15) is 4.79 Å². The van der Waals surface area contributed by atoms with Crippen molar-refractivity contribution >= 4 is 33.3 Å². The number of aryl methyl sites for hydroxylation is 2. The van der Waals surface area contributed by atoms with Gasteiger partial charge in [-0.2, -0.15) is 0 Å². The molecule has 0 aromatic carbocycles. The van der Waals surface area contributed by atoms with Crippen molar-refractivity contribution in [2.75, 3.05) is 38.1 Å². The number of anilines is 1. The lowest BCUT2D eigenvalue weighted by Gasteiger charge is -2.37. The van der Waals surface area contributed by atoms with Crippen molar-refractivity contribution in [2.45, 2.75) is 45.6 Å². The number of nitrogens with zero attached hydrogens (tertiary/aromatic N) is 4. The molecule has 0 aliphatic carbocycles. The van der Waals surface area contributed by atoms with Gasteiger partial charge in [-0.05, 0) is 58.2 Å². The Morgan fingerprint density at radius 3 is 2.59 bits per heavy atom. The summed E-state index contributed by atoms with van der Waals surface area (Å²) in [7, 11) is 2.00. The Morgan fingerprint density at radius 2 is 1.89 bits per heavy atom. The van der Waals surface area contributed by atoms with Gasteiger partial charge in [0, 0.05) is 37.0 Å². The zero-order valence-corrected chi connectivity index (χ0v) is 17.3. The Labute approximate surface area is 165 Å². The lowest BCUT2D eigenvalue weighted by atomic mass is 9.93. The number of thiophene rings is 1. The Kier molecular flexibility index (Phi) is 5.32. The van der Waals surface area contributed by atoms with Gasteiger partial charge in [0.15, 0.2) is 0 Å². The largest absolute Gasteiger partial charge is 0.356 e. The van der Waals surface area contributed by atoms with Crippen LogP contribution in [0.3, 0.4) is 0 Å². The number of hydrogen-bond acceptors (Lipinski definition) is 6. The minimum absolute atomic E-state index is 0.142. The SMILES string of the molecule is Cc1sc2ncnc(N3CCC(C(=O)N(C)C4CCNCC4)CC3)c2c1C. The van der Waals surface area contributed by atoms with Gasteiger partial charge in [-0.15, -0.1) is 11.3 Å². The fourth-order valence-corrected chi connectivity index (χ4v) is 5.40. The van der Waals surface area contributed by atoms with Gasteiger partial charge in [0.1, 0.15) is 17.0 Å². The van der Waals surface area contributed by atoms with Crippen LogP contribution in [0.4, 0.5) is 5.82 Å². The first-order valence-electron chi connectivity index (χ1n) is 9.99. The minimum Gasteiger partial charge on any atom is -0.356 e. The Bertz CT molecular complexity index is 821. The second-order valence-corrected chi connectivity index (χ2v) is 9.06. The molecule has 0 radical (unpaired) electrons. The molecule has 2 aromatic rings. The molecule has 27 heavy (non-hydrogen) atoms. The van der Waals surface area contributed by atoms with Gasteiger partial charge in [-0.25, -0.2) is 9.97 Å². The molecule has 0 saturated carbocycles. The predicted octanol–water partition coefficient (Wildman–Crippen LogP) is 2.73. The highest BCUT2D eigenvalue weighted by Crippen LogP contribution is 2.35. The molecule has 4 rings (SSSR count). The number of fused-ring (bicyclic) bond motifs is 1. The molecule has 0 unspecified atom stereocenters. The number of hydrogen-bond donors (Lipinski definition) is 1. The monoisotopic (exact) mass is 387 g/mol. The fraction of sp³-hybridized carbons (Fsp3) is 0.650. The molecule has 7 heteroatoms. The van der Waals surface area contributed by atoms with Crippen LogP contribution in [0.1, 0.15) is 36.1 Å². The summed E-state index contributed by atoms with van der Waals surface area (Å²) < 4.78 is 0. The normalized spacial score (nSPS) is 19.6. The lowest BCUT2D eigenvalue weighted by molar-refractivity contribution is -0.137. The molecule has 146 valence electrons. The molecule has 0 bridgehead atoms.